The van der Waals surface area contributed by atoms with Crippen molar-refractivity contribution >= 4 is 23.2 Å². The van der Waals surface area contributed by atoms with E-state index in [9.17, 15) is 9.59 Å². The highest BCUT2D eigenvalue weighted by Gasteiger charge is 2.16. The largest absolute Gasteiger partial charge is 0.356 e. The number of hydrogen-bond acceptors (Lipinski definition) is 5. The zero-order valence-corrected chi connectivity index (χ0v) is 17.6. The van der Waals surface area contributed by atoms with Crippen molar-refractivity contribution < 1.29 is 9.59 Å². The first-order valence-corrected chi connectivity index (χ1v) is 11.2. The van der Waals surface area contributed by atoms with Crippen molar-refractivity contribution in [1.82, 2.24) is 20.4 Å². The normalized spacial score (nSPS) is 15.2. The molecule has 0 unspecified atom stereocenters. The molecule has 1 saturated heterocycles. The maximum atomic E-state index is 11.9. The first kappa shape index (κ1) is 21.5. The number of hydrogen-bond donors (Lipinski definition) is 2. The van der Waals surface area contributed by atoms with Gasteiger partial charge in [-0.15, -0.1) is 0 Å². The van der Waals surface area contributed by atoms with E-state index in [0.29, 0.717) is 25.1 Å². The summed E-state index contributed by atoms with van der Waals surface area (Å²) in [5.74, 6) is -0.131. The van der Waals surface area contributed by atoms with Gasteiger partial charge in [0, 0.05) is 63.2 Å². The third kappa shape index (κ3) is 7.61. The van der Waals surface area contributed by atoms with E-state index in [1.54, 1.807) is 11.4 Å². The average Bonchev–Trinajstić information content (AvgIpc) is 3.28. The van der Waals surface area contributed by atoms with Crippen molar-refractivity contribution in [2.75, 3.05) is 45.8 Å². The van der Waals surface area contributed by atoms with Crippen LogP contribution in [0.2, 0.25) is 0 Å². The molecule has 1 aliphatic heterocycles. The molecule has 0 bridgehead atoms. The second kappa shape index (κ2) is 11.7. The fraction of sp³-hybridized carbons (Fsp3) is 0.455. The van der Waals surface area contributed by atoms with E-state index in [2.05, 4.69) is 50.8 Å². The number of nitrogens with one attached hydrogen (secondary N) is 2. The Hall–Kier alpha value is -2.22. The fourth-order valence-corrected chi connectivity index (χ4v) is 4.05. The van der Waals surface area contributed by atoms with E-state index in [0.717, 1.165) is 45.7 Å². The van der Waals surface area contributed by atoms with Crippen molar-refractivity contribution in [2.24, 2.45) is 0 Å². The number of rotatable bonds is 10. The van der Waals surface area contributed by atoms with Crippen LogP contribution in [0.25, 0.3) is 0 Å². The molecule has 0 saturated carbocycles. The second-order valence-electron chi connectivity index (χ2n) is 7.32. The van der Waals surface area contributed by atoms with Gasteiger partial charge in [0.1, 0.15) is 0 Å². The van der Waals surface area contributed by atoms with Gasteiger partial charge in [-0.25, -0.2) is 0 Å². The Morgan fingerprint density at radius 2 is 1.69 bits per heavy atom. The van der Waals surface area contributed by atoms with Gasteiger partial charge in [-0.2, -0.15) is 11.3 Å². The quantitative estimate of drug-likeness (QED) is 0.585. The van der Waals surface area contributed by atoms with Gasteiger partial charge in [0.2, 0.25) is 5.91 Å². The first-order valence-electron chi connectivity index (χ1n) is 10.3. The van der Waals surface area contributed by atoms with E-state index in [1.807, 2.05) is 5.38 Å². The number of piperazine rings is 1. The summed E-state index contributed by atoms with van der Waals surface area (Å²) in [7, 11) is 0. The van der Waals surface area contributed by atoms with Crippen LogP contribution in [0.5, 0.6) is 0 Å². The van der Waals surface area contributed by atoms with Crippen LogP contribution in [0.4, 0.5) is 0 Å². The zero-order valence-electron chi connectivity index (χ0n) is 16.8. The SMILES string of the molecule is O=C(CCNC(=O)c1ccsc1)NCCCN1CCN(Cc2ccccc2)CC1. The first-order chi connectivity index (χ1) is 14.2. The third-order valence-electron chi connectivity index (χ3n) is 5.11. The van der Waals surface area contributed by atoms with E-state index >= 15 is 0 Å². The number of benzene rings is 1. The van der Waals surface area contributed by atoms with Gasteiger partial charge >= 0.3 is 0 Å². The Bertz CT molecular complexity index is 743. The van der Waals surface area contributed by atoms with Crippen molar-refractivity contribution in [3.63, 3.8) is 0 Å². The van der Waals surface area contributed by atoms with Crippen LogP contribution in [-0.2, 0) is 11.3 Å². The topological polar surface area (TPSA) is 64.7 Å². The molecule has 156 valence electrons. The highest BCUT2D eigenvalue weighted by atomic mass is 32.1. The fourth-order valence-electron chi connectivity index (χ4n) is 3.42. The molecule has 1 fully saturated rings. The summed E-state index contributed by atoms with van der Waals surface area (Å²) in [4.78, 5) is 28.7. The van der Waals surface area contributed by atoms with Gasteiger partial charge in [0.05, 0.1) is 0 Å². The summed E-state index contributed by atoms with van der Waals surface area (Å²) in [6.45, 7) is 7.41. The lowest BCUT2D eigenvalue weighted by Gasteiger charge is -2.34. The van der Waals surface area contributed by atoms with Crippen molar-refractivity contribution in [3.8, 4) is 0 Å². The molecule has 1 aromatic heterocycles. The molecule has 0 spiro atoms. The van der Waals surface area contributed by atoms with Gasteiger partial charge in [0.25, 0.3) is 5.91 Å². The summed E-state index contributed by atoms with van der Waals surface area (Å²) in [6, 6.07) is 12.4. The highest BCUT2D eigenvalue weighted by molar-refractivity contribution is 7.08. The molecule has 0 atom stereocenters. The van der Waals surface area contributed by atoms with Crippen molar-refractivity contribution in [2.45, 2.75) is 19.4 Å². The van der Waals surface area contributed by atoms with Crippen LogP contribution >= 0.6 is 11.3 Å². The van der Waals surface area contributed by atoms with Gasteiger partial charge in [-0.05, 0) is 30.0 Å². The minimum absolute atomic E-state index is 0.0108. The Morgan fingerprint density at radius 1 is 0.931 bits per heavy atom. The standard InChI is InChI=1S/C22H30N4O2S/c27-21(7-10-24-22(28)20-8-16-29-18-20)23-9-4-11-25-12-14-26(15-13-25)17-19-5-2-1-3-6-19/h1-3,5-6,8,16,18H,4,7,9-15,17H2,(H,23,27)(H,24,28). The molecule has 3 rings (SSSR count). The summed E-state index contributed by atoms with van der Waals surface area (Å²) in [5, 5.41) is 9.39. The summed E-state index contributed by atoms with van der Waals surface area (Å²) >= 11 is 1.49. The highest BCUT2D eigenvalue weighted by Crippen LogP contribution is 2.08. The average molecular weight is 415 g/mol. The molecule has 0 radical (unpaired) electrons. The number of carbonyl (C=O) groups is 2. The Balaban J connectivity index is 1.20. The zero-order chi connectivity index (χ0) is 20.3. The molecule has 1 aromatic carbocycles. The molecule has 2 amide bonds. The predicted octanol–water partition coefficient (Wildman–Crippen LogP) is 2.19. The van der Waals surface area contributed by atoms with E-state index in [1.165, 1.54) is 16.9 Å². The lowest BCUT2D eigenvalue weighted by atomic mass is 10.2. The van der Waals surface area contributed by atoms with Crippen molar-refractivity contribution in [1.29, 1.82) is 0 Å². The maximum absolute atomic E-state index is 11.9. The van der Waals surface area contributed by atoms with Gasteiger partial charge in [0.15, 0.2) is 0 Å². The molecule has 2 N–H and O–H groups in total. The molecule has 0 aliphatic carbocycles. The Labute approximate surface area is 176 Å². The summed E-state index contributed by atoms with van der Waals surface area (Å²) in [5.41, 5.74) is 2.02. The minimum atomic E-state index is -0.120. The van der Waals surface area contributed by atoms with Gasteiger partial charge < -0.3 is 15.5 Å². The van der Waals surface area contributed by atoms with Crippen LogP contribution in [-0.4, -0.2) is 67.4 Å². The predicted molar refractivity (Wildman–Crippen MR) is 117 cm³/mol. The van der Waals surface area contributed by atoms with Gasteiger partial charge in [-0.1, -0.05) is 30.3 Å². The number of nitrogens with zero attached hydrogens (tertiary/aromatic N) is 2. The van der Waals surface area contributed by atoms with Crippen LogP contribution < -0.4 is 10.6 Å². The minimum Gasteiger partial charge on any atom is -0.356 e. The van der Waals surface area contributed by atoms with Crippen LogP contribution in [0, 0.1) is 0 Å². The smallest absolute Gasteiger partial charge is 0.252 e. The number of thiophene rings is 1. The molecular formula is C22H30N4O2S. The summed E-state index contributed by atoms with van der Waals surface area (Å²) in [6.07, 6.45) is 1.26. The Kier molecular flexibility index (Phi) is 8.67. The number of carbonyl (C=O) groups excluding carboxylic acids is 2. The van der Waals surface area contributed by atoms with Crippen LogP contribution in [0.3, 0.4) is 0 Å². The molecule has 7 heteroatoms. The summed E-state index contributed by atoms with van der Waals surface area (Å²) < 4.78 is 0. The van der Waals surface area contributed by atoms with Gasteiger partial charge in [-0.3, -0.25) is 14.5 Å². The number of amides is 2. The third-order valence-corrected chi connectivity index (χ3v) is 5.79. The lowest BCUT2D eigenvalue weighted by molar-refractivity contribution is -0.120. The molecular weight excluding hydrogens is 384 g/mol. The lowest BCUT2D eigenvalue weighted by Crippen LogP contribution is -2.46. The van der Waals surface area contributed by atoms with Crippen LogP contribution in [0.15, 0.2) is 47.2 Å². The maximum Gasteiger partial charge on any atom is 0.252 e. The van der Waals surface area contributed by atoms with Crippen LogP contribution in [0.1, 0.15) is 28.8 Å². The van der Waals surface area contributed by atoms with Crippen molar-refractivity contribution in [3.05, 3.63) is 58.3 Å². The monoisotopic (exact) mass is 414 g/mol. The van der Waals surface area contributed by atoms with E-state index in [-0.39, 0.29) is 11.8 Å². The molecule has 29 heavy (non-hydrogen) atoms. The van der Waals surface area contributed by atoms with E-state index < -0.39 is 0 Å². The second-order valence-corrected chi connectivity index (χ2v) is 8.10. The molecule has 2 aromatic rings. The molecule has 1 aliphatic rings. The molecule has 6 nitrogen and oxygen atoms in total. The Morgan fingerprint density at radius 3 is 2.41 bits per heavy atom. The van der Waals surface area contributed by atoms with E-state index in [4.69, 9.17) is 0 Å². The molecule has 2 heterocycles.